The van der Waals surface area contributed by atoms with Gasteiger partial charge < -0.3 is 15.0 Å². The lowest BCUT2D eigenvalue weighted by atomic mass is 9.83. The van der Waals surface area contributed by atoms with Crippen molar-refractivity contribution in [2.75, 3.05) is 6.54 Å². The van der Waals surface area contributed by atoms with E-state index in [1.54, 1.807) is 17.0 Å². The summed E-state index contributed by atoms with van der Waals surface area (Å²) < 4.78 is 1.76. The molecule has 2 aromatic rings. The molecule has 0 radical (unpaired) electrons. The van der Waals surface area contributed by atoms with Crippen molar-refractivity contribution in [2.45, 2.75) is 25.4 Å². The first kappa shape index (κ1) is 14.8. The van der Waals surface area contributed by atoms with Crippen LogP contribution >= 0.6 is 0 Å². The van der Waals surface area contributed by atoms with Crippen molar-refractivity contribution in [3.8, 4) is 0 Å². The number of hydrogen-bond acceptors (Lipinski definition) is 3. The van der Waals surface area contributed by atoms with Gasteiger partial charge in [0.25, 0.3) is 0 Å². The number of aliphatic hydroxyl groups is 1. The number of aliphatic hydroxyl groups excluding tert-OH is 1. The van der Waals surface area contributed by atoms with Gasteiger partial charge >= 0.3 is 0 Å². The van der Waals surface area contributed by atoms with Crippen LogP contribution in [0.5, 0.6) is 0 Å². The Bertz CT molecular complexity index is 665. The molecule has 1 heterocycles. The van der Waals surface area contributed by atoms with Gasteiger partial charge in [-0.2, -0.15) is 0 Å². The van der Waals surface area contributed by atoms with Gasteiger partial charge in [0.15, 0.2) is 0 Å². The monoisotopic (exact) mass is 299 g/mol. The van der Waals surface area contributed by atoms with Crippen molar-refractivity contribution in [2.24, 2.45) is 13.0 Å². The Morgan fingerprint density at radius 1 is 1.45 bits per heavy atom. The van der Waals surface area contributed by atoms with Gasteiger partial charge in [0.1, 0.15) is 11.9 Å². The highest BCUT2D eigenvalue weighted by Crippen LogP contribution is 2.25. The molecular formula is C17H21N3O2. The number of benzene rings is 1. The SMILES string of the molecule is Cn1ccnc1[C@@H](O)CNC(=O)[C@H]1CCc2ccccc2C1. The number of carbonyl (C=O) groups excluding carboxylic acids is 1. The van der Waals surface area contributed by atoms with Crippen LogP contribution in [0.4, 0.5) is 0 Å². The molecule has 0 bridgehead atoms. The fourth-order valence-corrected chi connectivity index (χ4v) is 3.05. The van der Waals surface area contributed by atoms with Crippen molar-refractivity contribution >= 4 is 5.91 Å². The van der Waals surface area contributed by atoms with Gasteiger partial charge in [-0.25, -0.2) is 4.98 Å². The van der Waals surface area contributed by atoms with E-state index in [-0.39, 0.29) is 18.4 Å². The van der Waals surface area contributed by atoms with Gasteiger partial charge in [-0.3, -0.25) is 4.79 Å². The first-order chi connectivity index (χ1) is 10.6. The standard InChI is InChI=1S/C17H21N3O2/c1-20-9-8-18-16(20)15(21)11-19-17(22)14-7-6-12-4-2-3-5-13(12)10-14/h2-5,8-9,14-15,21H,6-7,10-11H2,1H3,(H,19,22)/t14-,15-/m0/s1. The van der Waals surface area contributed by atoms with Gasteiger partial charge in [0.2, 0.25) is 5.91 Å². The Balaban J connectivity index is 1.56. The molecule has 116 valence electrons. The van der Waals surface area contributed by atoms with E-state index in [1.165, 1.54) is 11.1 Å². The van der Waals surface area contributed by atoms with Crippen LogP contribution in [-0.4, -0.2) is 27.1 Å². The number of aromatic nitrogens is 2. The number of hydrogen-bond donors (Lipinski definition) is 2. The van der Waals surface area contributed by atoms with Crippen molar-refractivity contribution in [1.82, 2.24) is 14.9 Å². The minimum Gasteiger partial charge on any atom is -0.383 e. The van der Waals surface area contributed by atoms with E-state index in [4.69, 9.17) is 0 Å². The summed E-state index contributed by atoms with van der Waals surface area (Å²) in [6.07, 6.45) is 5.22. The summed E-state index contributed by atoms with van der Waals surface area (Å²) in [6.45, 7) is 0.196. The highest BCUT2D eigenvalue weighted by molar-refractivity contribution is 5.79. The smallest absolute Gasteiger partial charge is 0.223 e. The third-order valence-corrected chi connectivity index (χ3v) is 4.34. The molecular weight excluding hydrogens is 278 g/mol. The lowest BCUT2D eigenvalue weighted by Gasteiger charge is -2.24. The van der Waals surface area contributed by atoms with Crippen molar-refractivity contribution in [1.29, 1.82) is 0 Å². The van der Waals surface area contributed by atoms with Crippen LogP contribution in [0.2, 0.25) is 0 Å². The number of aryl methyl sites for hydroxylation is 2. The number of nitrogens with one attached hydrogen (secondary N) is 1. The molecule has 1 amide bonds. The van der Waals surface area contributed by atoms with Crippen LogP contribution in [0.1, 0.15) is 29.5 Å². The highest BCUT2D eigenvalue weighted by atomic mass is 16.3. The number of rotatable bonds is 4. The predicted octanol–water partition coefficient (Wildman–Crippen LogP) is 1.37. The summed E-state index contributed by atoms with van der Waals surface area (Å²) in [7, 11) is 1.82. The molecule has 22 heavy (non-hydrogen) atoms. The summed E-state index contributed by atoms with van der Waals surface area (Å²) >= 11 is 0. The second kappa shape index (κ2) is 6.32. The number of carbonyl (C=O) groups is 1. The average molecular weight is 299 g/mol. The summed E-state index contributed by atoms with van der Waals surface area (Å²) in [4.78, 5) is 16.4. The van der Waals surface area contributed by atoms with Crippen LogP contribution in [0.25, 0.3) is 0 Å². The first-order valence-corrected chi connectivity index (χ1v) is 7.65. The average Bonchev–Trinajstić information content (AvgIpc) is 2.98. The molecule has 0 spiro atoms. The fourth-order valence-electron chi connectivity index (χ4n) is 3.05. The van der Waals surface area contributed by atoms with Gasteiger partial charge in [0, 0.05) is 25.4 Å². The lowest BCUT2D eigenvalue weighted by molar-refractivity contribution is -0.125. The molecule has 0 aliphatic heterocycles. The van der Waals surface area contributed by atoms with E-state index in [2.05, 4.69) is 22.4 Å². The second-order valence-corrected chi connectivity index (χ2v) is 5.87. The van der Waals surface area contributed by atoms with Gasteiger partial charge in [0.05, 0.1) is 6.54 Å². The Morgan fingerprint density at radius 3 is 2.95 bits per heavy atom. The van der Waals surface area contributed by atoms with Gasteiger partial charge in [-0.15, -0.1) is 0 Å². The third kappa shape index (κ3) is 3.04. The highest BCUT2D eigenvalue weighted by Gasteiger charge is 2.25. The molecule has 0 unspecified atom stereocenters. The van der Waals surface area contributed by atoms with Gasteiger partial charge in [-0.1, -0.05) is 24.3 Å². The Labute approximate surface area is 130 Å². The van der Waals surface area contributed by atoms with Crippen molar-refractivity contribution in [3.63, 3.8) is 0 Å². The normalized spacial score (nSPS) is 18.5. The Kier molecular flexibility index (Phi) is 4.24. The van der Waals surface area contributed by atoms with Crippen LogP contribution in [-0.2, 0) is 24.7 Å². The van der Waals surface area contributed by atoms with Gasteiger partial charge in [-0.05, 0) is 30.4 Å². The number of imidazole rings is 1. The maximum atomic E-state index is 12.3. The van der Waals surface area contributed by atoms with E-state index < -0.39 is 6.10 Å². The summed E-state index contributed by atoms with van der Waals surface area (Å²) in [5, 5.41) is 13.0. The molecule has 1 aromatic carbocycles. The molecule has 0 fully saturated rings. The van der Waals surface area contributed by atoms with E-state index in [0.717, 1.165) is 19.3 Å². The zero-order valence-corrected chi connectivity index (χ0v) is 12.7. The zero-order chi connectivity index (χ0) is 15.5. The van der Waals surface area contributed by atoms with E-state index in [1.807, 2.05) is 19.2 Å². The molecule has 1 aliphatic carbocycles. The quantitative estimate of drug-likeness (QED) is 0.896. The molecule has 1 aromatic heterocycles. The number of amides is 1. The molecule has 0 saturated carbocycles. The van der Waals surface area contributed by atoms with E-state index >= 15 is 0 Å². The van der Waals surface area contributed by atoms with E-state index in [9.17, 15) is 9.90 Å². The molecule has 2 N–H and O–H groups in total. The topological polar surface area (TPSA) is 67.2 Å². The Hall–Kier alpha value is -2.14. The van der Waals surface area contributed by atoms with Crippen LogP contribution < -0.4 is 5.32 Å². The third-order valence-electron chi connectivity index (χ3n) is 4.34. The molecule has 2 atom stereocenters. The largest absolute Gasteiger partial charge is 0.383 e. The first-order valence-electron chi connectivity index (χ1n) is 7.65. The van der Waals surface area contributed by atoms with Crippen molar-refractivity contribution < 1.29 is 9.90 Å². The summed E-state index contributed by atoms with van der Waals surface area (Å²) in [6, 6.07) is 8.29. The maximum absolute atomic E-state index is 12.3. The van der Waals surface area contributed by atoms with Crippen LogP contribution in [0, 0.1) is 5.92 Å². The van der Waals surface area contributed by atoms with E-state index in [0.29, 0.717) is 5.82 Å². The minimum atomic E-state index is -0.778. The summed E-state index contributed by atoms with van der Waals surface area (Å²) in [5.74, 6) is 0.570. The maximum Gasteiger partial charge on any atom is 0.223 e. The second-order valence-electron chi connectivity index (χ2n) is 5.87. The molecule has 3 rings (SSSR count). The van der Waals surface area contributed by atoms with Crippen molar-refractivity contribution in [3.05, 3.63) is 53.6 Å². The molecule has 1 aliphatic rings. The fraction of sp³-hybridized carbons (Fsp3) is 0.412. The van der Waals surface area contributed by atoms with Crippen LogP contribution in [0.3, 0.4) is 0 Å². The molecule has 5 nitrogen and oxygen atoms in total. The lowest BCUT2D eigenvalue weighted by Crippen LogP contribution is -2.36. The predicted molar refractivity (Wildman–Crippen MR) is 83.1 cm³/mol. The van der Waals surface area contributed by atoms with Crippen LogP contribution in [0.15, 0.2) is 36.7 Å². The number of fused-ring (bicyclic) bond motifs is 1. The molecule has 0 saturated heterocycles. The minimum absolute atomic E-state index is 0.0107. The Morgan fingerprint density at radius 2 is 2.23 bits per heavy atom. The molecule has 5 heteroatoms. The zero-order valence-electron chi connectivity index (χ0n) is 12.7. The summed E-state index contributed by atoms with van der Waals surface area (Å²) in [5.41, 5.74) is 2.61. The number of nitrogens with zero attached hydrogens (tertiary/aromatic N) is 2.